The number of ether oxygens (including phenoxy) is 2. The van der Waals surface area contributed by atoms with Crippen molar-refractivity contribution in [3.8, 4) is 6.07 Å². The molecule has 0 saturated carbocycles. The fourth-order valence-electron chi connectivity index (χ4n) is 3.31. The number of nitriles is 1. The van der Waals surface area contributed by atoms with Crippen molar-refractivity contribution in [1.82, 2.24) is 0 Å². The molecule has 172 valence electrons. The summed E-state index contributed by atoms with van der Waals surface area (Å²) in [4.78, 5) is 12.4. The number of allylic oxidation sites excluding steroid dienone is 1. The minimum atomic E-state index is -0.486. The van der Waals surface area contributed by atoms with E-state index in [9.17, 15) is 4.79 Å². The highest BCUT2D eigenvalue weighted by Crippen LogP contribution is 2.41. The van der Waals surface area contributed by atoms with Gasteiger partial charge in [-0.25, -0.2) is 4.79 Å². The second-order valence-electron chi connectivity index (χ2n) is 9.03. The first-order valence-corrected chi connectivity index (χ1v) is 11.1. The molecule has 1 aliphatic heterocycles. The minimum absolute atomic E-state index is 0.171. The Hall–Kier alpha value is -3.08. The van der Waals surface area contributed by atoms with Gasteiger partial charge in [0, 0.05) is 5.82 Å². The van der Waals surface area contributed by atoms with Gasteiger partial charge in [0.25, 0.3) is 0 Å². The van der Waals surface area contributed by atoms with E-state index in [1.54, 1.807) is 30.5 Å². The molecule has 1 fully saturated rings. The van der Waals surface area contributed by atoms with E-state index in [0.717, 1.165) is 5.56 Å². The van der Waals surface area contributed by atoms with Crippen molar-refractivity contribution < 1.29 is 23.6 Å². The molecule has 0 spiro atoms. The van der Waals surface area contributed by atoms with Gasteiger partial charge in [-0.3, -0.25) is 0 Å². The van der Waals surface area contributed by atoms with Crippen molar-refractivity contribution in [2.24, 2.45) is 0 Å². The van der Waals surface area contributed by atoms with Crippen LogP contribution in [-0.2, 0) is 25.4 Å². The Morgan fingerprint density at radius 2 is 1.70 bits per heavy atom. The molecule has 1 atom stereocenters. The van der Waals surface area contributed by atoms with Crippen LogP contribution in [0.1, 0.15) is 55.6 Å². The number of hydrogen-bond donors (Lipinski definition) is 0. The van der Waals surface area contributed by atoms with E-state index < -0.39 is 24.3 Å². The van der Waals surface area contributed by atoms with Gasteiger partial charge in [-0.15, -0.1) is 0 Å². The van der Waals surface area contributed by atoms with E-state index in [1.807, 2.05) is 70.2 Å². The largest absolute Gasteiger partial charge is 0.497 e. The number of rotatable bonds is 9. The van der Waals surface area contributed by atoms with Crippen molar-refractivity contribution in [2.75, 3.05) is 6.61 Å². The summed E-state index contributed by atoms with van der Waals surface area (Å²) >= 11 is 0. The first-order valence-electron chi connectivity index (χ1n) is 11.1. The average Bonchev–Trinajstić information content (AvgIpc) is 3.02. The molecule has 0 aromatic heterocycles. The summed E-state index contributed by atoms with van der Waals surface area (Å²) in [6.45, 7) is 8.67. The summed E-state index contributed by atoms with van der Waals surface area (Å²) in [5, 5.41) is 8.89. The molecule has 1 heterocycles. The molecule has 0 amide bonds. The number of benzene rings is 2. The molecule has 6 nitrogen and oxygen atoms in total. The van der Waals surface area contributed by atoms with Crippen molar-refractivity contribution in [3.05, 3.63) is 83.6 Å². The summed E-state index contributed by atoms with van der Waals surface area (Å²) in [6.07, 6.45) is 4.07. The quantitative estimate of drug-likeness (QED) is 0.295. The molecular weight excluding hydrogens is 417 g/mol. The fourth-order valence-corrected chi connectivity index (χ4v) is 3.31. The average molecular weight is 447 g/mol. The first kappa shape index (κ1) is 24.6. The van der Waals surface area contributed by atoms with Gasteiger partial charge in [-0.05, 0) is 70.0 Å². The lowest BCUT2D eigenvalue weighted by molar-refractivity contribution is 0.00578. The fraction of sp³-hybridized carbons (Fsp3) is 0.385. The maximum absolute atomic E-state index is 12.4. The van der Waals surface area contributed by atoms with Gasteiger partial charge in [-0.1, -0.05) is 30.3 Å². The van der Waals surface area contributed by atoms with Crippen LogP contribution in [0.2, 0.25) is 5.82 Å². The number of carbonyl (C=O) groups excluding carboxylic acids is 1. The second-order valence-corrected chi connectivity index (χ2v) is 9.03. The Bertz CT molecular complexity index is 980. The summed E-state index contributed by atoms with van der Waals surface area (Å²) < 4.78 is 23.6. The van der Waals surface area contributed by atoms with E-state index >= 15 is 0 Å². The molecule has 3 rings (SSSR count). The van der Waals surface area contributed by atoms with Gasteiger partial charge in [0.1, 0.15) is 6.61 Å². The first-order chi connectivity index (χ1) is 15.7. The molecule has 0 aliphatic carbocycles. The number of carbonyl (C=O) groups is 1. The van der Waals surface area contributed by atoms with Crippen LogP contribution in [0.3, 0.4) is 0 Å². The Balaban J connectivity index is 1.60. The van der Waals surface area contributed by atoms with Gasteiger partial charge in [0.05, 0.1) is 41.3 Å². The zero-order chi connectivity index (χ0) is 23.9. The van der Waals surface area contributed by atoms with Crippen molar-refractivity contribution in [2.45, 2.75) is 57.7 Å². The number of hydrogen-bond acceptors (Lipinski definition) is 6. The standard InChI is InChI=1S/C26H30BNO5/c1-25(2)26(3,4)33-27(32-25)23(14-16-30-19-21-8-6-5-7-9-21)15-17-31-24(29)22-12-10-20(18-28)11-13-22/h5-14,16,23H,15,17,19H2,1-4H3/b16-14+/t23-/m1/s1. The Kier molecular flexibility index (Phi) is 7.96. The lowest BCUT2D eigenvalue weighted by Crippen LogP contribution is -2.41. The minimum Gasteiger partial charge on any atom is -0.497 e. The predicted octanol–water partition coefficient (Wildman–Crippen LogP) is 5.30. The van der Waals surface area contributed by atoms with Crippen LogP contribution in [0, 0.1) is 11.3 Å². The molecule has 1 aliphatic rings. The van der Waals surface area contributed by atoms with Crippen LogP contribution >= 0.6 is 0 Å². The molecule has 2 aromatic rings. The molecule has 0 bridgehead atoms. The predicted molar refractivity (Wildman–Crippen MR) is 126 cm³/mol. The van der Waals surface area contributed by atoms with Crippen molar-refractivity contribution in [3.63, 3.8) is 0 Å². The molecule has 0 radical (unpaired) electrons. The van der Waals surface area contributed by atoms with E-state index in [2.05, 4.69) is 0 Å². The van der Waals surface area contributed by atoms with Gasteiger partial charge < -0.3 is 18.8 Å². The van der Waals surface area contributed by atoms with Crippen molar-refractivity contribution in [1.29, 1.82) is 5.26 Å². The van der Waals surface area contributed by atoms with Crippen LogP contribution in [0.25, 0.3) is 0 Å². The molecule has 0 unspecified atom stereocenters. The molecule has 2 aromatic carbocycles. The Morgan fingerprint density at radius 3 is 2.30 bits per heavy atom. The molecule has 7 heteroatoms. The number of nitrogens with zero attached hydrogens (tertiary/aromatic N) is 1. The maximum Gasteiger partial charge on any atom is 0.465 e. The van der Waals surface area contributed by atoms with E-state index in [1.165, 1.54) is 0 Å². The van der Waals surface area contributed by atoms with Crippen LogP contribution in [0.4, 0.5) is 0 Å². The SMILES string of the molecule is CC1(C)OB([C@H](/C=C/OCc2ccccc2)CCOC(=O)c2ccc(C#N)cc2)OC1(C)C. The third-order valence-electron chi connectivity index (χ3n) is 6.07. The zero-order valence-electron chi connectivity index (χ0n) is 19.6. The Morgan fingerprint density at radius 1 is 1.06 bits per heavy atom. The highest BCUT2D eigenvalue weighted by Gasteiger charge is 2.53. The summed E-state index contributed by atoms with van der Waals surface area (Å²) in [7, 11) is -0.486. The highest BCUT2D eigenvalue weighted by atomic mass is 16.7. The lowest BCUT2D eigenvalue weighted by atomic mass is 9.70. The second kappa shape index (κ2) is 10.7. The lowest BCUT2D eigenvalue weighted by Gasteiger charge is -2.32. The van der Waals surface area contributed by atoms with Crippen LogP contribution in [-0.4, -0.2) is 30.9 Å². The molecular formula is C26H30BNO5. The monoisotopic (exact) mass is 447 g/mol. The Labute approximate surface area is 196 Å². The molecule has 1 saturated heterocycles. The summed E-state index contributed by atoms with van der Waals surface area (Å²) in [5.74, 6) is -0.605. The van der Waals surface area contributed by atoms with Crippen LogP contribution in [0.15, 0.2) is 66.9 Å². The van der Waals surface area contributed by atoms with Gasteiger partial charge in [0.2, 0.25) is 0 Å². The topological polar surface area (TPSA) is 77.8 Å². The van der Waals surface area contributed by atoms with Gasteiger partial charge in [0.15, 0.2) is 0 Å². The third kappa shape index (κ3) is 6.47. The number of esters is 1. The highest BCUT2D eigenvalue weighted by molar-refractivity contribution is 6.48. The van der Waals surface area contributed by atoms with Gasteiger partial charge >= 0.3 is 13.1 Å². The maximum atomic E-state index is 12.4. The van der Waals surface area contributed by atoms with Gasteiger partial charge in [-0.2, -0.15) is 5.26 Å². The van der Waals surface area contributed by atoms with E-state index in [-0.39, 0.29) is 12.4 Å². The zero-order valence-corrected chi connectivity index (χ0v) is 19.6. The normalized spacial score (nSPS) is 17.5. The summed E-state index contributed by atoms with van der Waals surface area (Å²) in [6, 6.07) is 18.3. The third-order valence-corrected chi connectivity index (χ3v) is 6.07. The summed E-state index contributed by atoms with van der Waals surface area (Å²) in [5.41, 5.74) is 1.04. The van der Waals surface area contributed by atoms with Crippen LogP contribution in [0.5, 0.6) is 0 Å². The van der Waals surface area contributed by atoms with E-state index in [4.69, 9.17) is 24.0 Å². The van der Waals surface area contributed by atoms with Crippen molar-refractivity contribution >= 4 is 13.1 Å². The molecule has 33 heavy (non-hydrogen) atoms. The smallest absolute Gasteiger partial charge is 0.465 e. The molecule has 0 N–H and O–H groups in total. The van der Waals surface area contributed by atoms with E-state index in [0.29, 0.717) is 24.2 Å². The van der Waals surface area contributed by atoms with Crippen LogP contribution < -0.4 is 0 Å².